The normalized spacial score (nSPS) is 44.7. The number of hydrogen-bond donors (Lipinski definition) is 2. The minimum Gasteiger partial charge on any atom is -0.393 e. The van der Waals surface area contributed by atoms with E-state index in [9.17, 15) is 5.11 Å². The maximum absolute atomic E-state index is 9.29. The maximum Gasteiger partial charge on any atom is 0.0560 e. The fourth-order valence-electron chi connectivity index (χ4n) is 1.90. The van der Waals surface area contributed by atoms with Crippen LogP contribution < -0.4 is 5.32 Å². The first-order valence-corrected chi connectivity index (χ1v) is 3.97. The van der Waals surface area contributed by atoms with Gasteiger partial charge in [0.1, 0.15) is 0 Å². The molecule has 3 unspecified atom stereocenters. The molecule has 1 aliphatic heterocycles. The van der Waals surface area contributed by atoms with Crippen LogP contribution in [0.4, 0.5) is 0 Å². The molecule has 2 nitrogen and oxygen atoms in total. The van der Waals surface area contributed by atoms with E-state index in [1.54, 1.807) is 0 Å². The minimum absolute atomic E-state index is 0.0614. The molecule has 2 aliphatic rings. The van der Waals surface area contributed by atoms with Gasteiger partial charge < -0.3 is 10.4 Å². The Balaban J connectivity index is 2.01. The first-order valence-electron chi connectivity index (χ1n) is 3.97. The zero-order valence-corrected chi connectivity index (χ0v) is 5.96. The molecular formula is C8H13NO. The second kappa shape index (κ2) is 2.27. The molecule has 0 aromatic rings. The van der Waals surface area contributed by atoms with Gasteiger partial charge in [0.25, 0.3) is 0 Å². The van der Waals surface area contributed by atoms with E-state index in [0.717, 1.165) is 19.3 Å². The number of aliphatic hydroxyl groups excluding tert-OH is 1. The lowest BCUT2D eigenvalue weighted by Crippen LogP contribution is -2.35. The molecular weight excluding hydrogens is 126 g/mol. The molecule has 1 heterocycles. The molecule has 2 heteroatoms. The number of fused-ring (bicyclic) bond motifs is 1. The van der Waals surface area contributed by atoms with Crippen LogP contribution in [-0.4, -0.2) is 17.3 Å². The van der Waals surface area contributed by atoms with Gasteiger partial charge in [0, 0.05) is 6.04 Å². The number of hydrogen-bond acceptors (Lipinski definition) is 2. The molecule has 1 fully saturated rings. The van der Waals surface area contributed by atoms with E-state index in [0.29, 0.717) is 12.0 Å². The van der Waals surface area contributed by atoms with Crippen LogP contribution >= 0.6 is 0 Å². The number of rotatable bonds is 0. The first-order chi connectivity index (χ1) is 4.86. The van der Waals surface area contributed by atoms with Crippen LogP contribution in [0.5, 0.6) is 0 Å². The van der Waals surface area contributed by atoms with Crippen molar-refractivity contribution >= 4 is 0 Å². The van der Waals surface area contributed by atoms with Gasteiger partial charge in [0.15, 0.2) is 0 Å². The van der Waals surface area contributed by atoms with Gasteiger partial charge in [-0.3, -0.25) is 0 Å². The highest BCUT2D eigenvalue weighted by molar-refractivity contribution is 5.05. The van der Waals surface area contributed by atoms with Crippen molar-refractivity contribution in [1.29, 1.82) is 0 Å². The number of aliphatic hydroxyl groups is 1. The molecule has 0 aromatic heterocycles. The average Bonchev–Trinajstić information content (AvgIpc) is 2.33. The first kappa shape index (κ1) is 6.23. The van der Waals surface area contributed by atoms with Crippen LogP contribution in [0.3, 0.4) is 0 Å². The van der Waals surface area contributed by atoms with Gasteiger partial charge in [-0.2, -0.15) is 0 Å². The lowest BCUT2D eigenvalue weighted by atomic mass is 9.85. The van der Waals surface area contributed by atoms with Crippen molar-refractivity contribution in [2.75, 3.05) is 0 Å². The van der Waals surface area contributed by atoms with E-state index in [-0.39, 0.29) is 6.10 Å². The van der Waals surface area contributed by atoms with E-state index in [1.165, 1.54) is 0 Å². The zero-order valence-electron chi connectivity index (χ0n) is 5.96. The third kappa shape index (κ3) is 0.926. The van der Waals surface area contributed by atoms with Crippen LogP contribution in [0.1, 0.15) is 19.3 Å². The van der Waals surface area contributed by atoms with Crippen molar-refractivity contribution in [2.24, 2.45) is 5.92 Å². The van der Waals surface area contributed by atoms with Crippen LogP contribution in [0, 0.1) is 5.92 Å². The van der Waals surface area contributed by atoms with Crippen LogP contribution in [0.15, 0.2) is 12.3 Å². The third-order valence-electron chi connectivity index (χ3n) is 2.53. The summed E-state index contributed by atoms with van der Waals surface area (Å²) in [4.78, 5) is 0. The molecule has 10 heavy (non-hydrogen) atoms. The standard InChI is InChI=1S/C8H13NO/c10-7-2-1-6-3-4-9-8(6)5-7/h3-4,6-10H,1-2,5H2. The van der Waals surface area contributed by atoms with Crippen molar-refractivity contribution in [2.45, 2.75) is 31.4 Å². The minimum atomic E-state index is -0.0614. The molecule has 0 bridgehead atoms. The fraction of sp³-hybridized carbons (Fsp3) is 0.750. The average molecular weight is 139 g/mol. The Labute approximate surface area is 60.9 Å². The molecule has 0 radical (unpaired) electrons. The van der Waals surface area contributed by atoms with Crippen molar-refractivity contribution in [3.8, 4) is 0 Å². The van der Waals surface area contributed by atoms with Crippen LogP contribution in [-0.2, 0) is 0 Å². The van der Waals surface area contributed by atoms with Crippen LogP contribution in [0.2, 0.25) is 0 Å². The van der Waals surface area contributed by atoms with E-state index in [4.69, 9.17) is 0 Å². The van der Waals surface area contributed by atoms with Gasteiger partial charge >= 0.3 is 0 Å². The van der Waals surface area contributed by atoms with E-state index in [2.05, 4.69) is 11.4 Å². The van der Waals surface area contributed by atoms with Gasteiger partial charge in [0.2, 0.25) is 0 Å². The maximum atomic E-state index is 9.29. The van der Waals surface area contributed by atoms with Gasteiger partial charge in [-0.15, -0.1) is 0 Å². The lowest BCUT2D eigenvalue weighted by molar-refractivity contribution is 0.103. The summed E-state index contributed by atoms with van der Waals surface area (Å²) in [7, 11) is 0. The van der Waals surface area contributed by atoms with Crippen molar-refractivity contribution in [3.63, 3.8) is 0 Å². The highest BCUT2D eigenvalue weighted by Gasteiger charge is 2.29. The number of nitrogens with one attached hydrogen (secondary N) is 1. The fourth-order valence-corrected chi connectivity index (χ4v) is 1.90. The molecule has 0 amide bonds. The molecule has 56 valence electrons. The topological polar surface area (TPSA) is 32.3 Å². The lowest BCUT2D eigenvalue weighted by Gasteiger charge is -2.28. The van der Waals surface area contributed by atoms with E-state index < -0.39 is 0 Å². The van der Waals surface area contributed by atoms with E-state index >= 15 is 0 Å². The largest absolute Gasteiger partial charge is 0.393 e. The molecule has 3 atom stereocenters. The Morgan fingerprint density at radius 1 is 1.40 bits per heavy atom. The van der Waals surface area contributed by atoms with E-state index in [1.807, 2.05) is 6.20 Å². The summed E-state index contributed by atoms with van der Waals surface area (Å²) in [6.07, 6.45) is 7.23. The Morgan fingerprint density at radius 3 is 3.20 bits per heavy atom. The second-order valence-corrected chi connectivity index (χ2v) is 3.26. The molecule has 0 spiro atoms. The highest BCUT2D eigenvalue weighted by atomic mass is 16.3. The Morgan fingerprint density at radius 2 is 2.30 bits per heavy atom. The highest BCUT2D eigenvalue weighted by Crippen LogP contribution is 2.28. The predicted molar refractivity (Wildman–Crippen MR) is 39.4 cm³/mol. The summed E-state index contributed by atoms with van der Waals surface area (Å²) in [6, 6.07) is 0.531. The van der Waals surface area contributed by atoms with Gasteiger partial charge in [-0.25, -0.2) is 0 Å². The molecule has 1 saturated carbocycles. The Hall–Kier alpha value is -0.500. The summed E-state index contributed by atoms with van der Waals surface area (Å²) >= 11 is 0. The third-order valence-corrected chi connectivity index (χ3v) is 2.53. The monoisotopic (exact) mass is 139 g/mol. The van der Waals surface area contributed by atoms with Crippen molar-refractivity contribution < 1.29 is 5.11 Å². The smallest absolute Gasteiger partial charge is 0.0560 e. The molecule has 2 N–H and O–H groups in total. The summed E-state index contributed by atoms with van der Waals surface area (Å²) in [5.74, 6) is 0.698. The Bertz CT molecular complexity index is 155. The molecule has 0 saturated heterocycles. The molecule has 0 aromatic carbocycles. The van der Waals surface area contributed by atoms with Crippen molar-refractivity contribution in [1.82, 2.24) is 5.32 Å². The SMILES string of the molecule is OC1CCC2C=CNC2C1. The van der Waals surface area contributed by atoms with Gasteiger partial charge in [0.05, 0.1) is 6.10 Å². The van der Waals surface area contributed by atoms with Crippen LogP contribution in [0.25, 0.3) is 0 Å². The summed E-state index contributed by atoms with van der Waals surface area (Å²) < 4.78 is 0. The quantitative estimate of drug-likeness (QED) is 0.516. The second-order valence-electron chi connectivity index (χ2n) is 3.26. The molecule has 1 aliphatic carbocycles. The summed E-state index contributed by atoms with van der Waals surface area (Å²) in [5, 5.41) is 12.5. The summed E-state index contributed by atoms with van der Waals surface area (Å²) in [5.41, 5.74) is 0. The zero-order chi connectivity index (χ0) is 6.97. The van der Waals surface area contributed by atoms with Gasteiger partial charge in [-0.05, 0) is 31.4 Å². The predicted octanol–water partition coefficient (Wildman–Crippen LogP) is 0.633. The molecule has 2 rings (SSSR count). The van der Waals surface area contributed by atoms with Gasteiger partial charge in [-0.1, -0.05) is 6.08 Å². The summed E-state index contributed by atoms with van der Waals surface area (Å²) in [6.45, 7) is 0. The Kier molecular flexibility index (Phi) is 1.42. The van der Waals surface area contributed by atoms with Crippen molar-refractivity contribution in [3.05, 3.63) is 12.3 Å².